The predicted octanol–water partition coefficient (Wildman–Crippen LogP) is -0.162. The van der Waals surface area contributed by atoms with Gasteiger partial charge in [-0.1, -0.05) is 0 Å². The number of carbonyl (C=O) groups is 2. The Bertz CT molecular complexity index is 434. The van der Waals surface area contributed by atoms with Crippen LogP contribution < -0.4 is 0 Å². The number of aliphatic carboxylic acids is 1. The molecule has 1 heterocycles. The lowest BCUT2D eigenvalue weighted by Crippen LogP contribution is -2.41. The average Bonchev–Trinajstić information content (AvgIpc) is 2.63. The predicted molar refractivity (Wildman–Crippen MR) is 69.4 cm³/mol. The number of hydrogen-bond donors (Lipinski definition) is 1. The first kappa shape index (κ1) is 15.3. The summed E-state index contributed by atoms with van der Waals surface area (Å²) in [6.07, 6.45) is 0.568. The van der Waals surface area contributed by atoms with E-state index in [1.165, 1.54) is 30.6 Å². The fourth-order valence-electron chi connectivity index (χ4n) is 1.56. The minimum atomic E-state index is -2.93. The van der Waals surface area contributed by atoms with E-state index in [1.807, 2.05) is 0 Å². The van der Waals surface area contributed by atoms with E-state index in [4.69, 9.17) is 5.11 Å². The van der Waals surface area contributed by atoms with E-state index in [0.717, 1.165) is 0 Å². The molecule has 0 saturated carbocycles. The Hall–Kier alpha value is -0.760. The molecule has 1 N–H and O–H groups in total. The van der Waals surface area contributed by atoms with E-state index in [1.54, 1.807) is 0 Å². The Balaban J connectivity index is 2.40. The first-order valence-corrected chi connectivity index (χ1v) is 8.40. The average molecular weight is 295 g/mol. The van der Waals surface area contributed by atoms with Gasteiger partial charge in [0.1, 0.15) is 6.04 Å². The maximum Gasteiger partial charge on any atom is 0.326 e. The number of carboxylic acid groups (broad SMARTS) is 1. The van der Waals surface area contributed by atoms with E-state index in [0.29, 0.717) is 6.42 Å². The minimum absolute atomic E-state index is 0.0486. The van der Waals surface area contributed by atoms with Gasteiger partial charge in [0.05, 0.1) is 17.3 Å². The van der Waals surface area contributed by atoms with Gasteiger partial charge in [0.15, 0.2) is 9.84 Å². The van der Waals surface area contributed by atoms with Crippen molar-refractivity contribution in [3.8, 4) is 0 Å². The molecule has 8 heteroatoms. The van der Waals surface area contributed by atoms with Crippen LogP contribution in [0.15, 0.2) is 0 Å². The highest BCUT2D eigenvalue weighted by Crippen LogP contribution is 2.24. The number of thioether (sulfide) groups is 1. The molecule has 1 rings (SSSR count). The Morgan fingerprint density at radius 1 is 1.50 bits per heavy atom. The summed E-state index contributed by atoms with van der Waals surface area (Å²) in [7, 11) is -1.50. The molecule has 18 heavy (non-hydrogen) atoms. The van der Waals surface area contributed by atoms with Crippen LogP contribution in [0.2, 0.25) is 0 Å². The smallest absolute Gasteiger partial charge is 0.326 e. The van der Waals surface area contributed by atoms with Gasteiger partial charge in [0, 0.05) is 12.3 Å². The number of sulfone groups is 1. The number of nitrogens with zero attached hydrogens (tertiary/aromatic N) is 1. The lowest BCUT2D eigenvalue weighted by Gasteiger charge is -2.21. The molecular weight excluding hydrogens is 278 g/mol. The van der Waals surface area contributed by atoms with Crippen molar-refractivity contribution >= 4 is 33.5 Å². The molecule has 1 amide bonds. The Kier molecular flexibility index (Phi) is 5.03. The van der Waals surface area contributed by atoms with Gasteiger partial charge in [0.25, 0.3) is 0 Å². The SMILES string of the molecule is CC(C(=O)O)N(C)C(=O)CSC1CCS(=O)(=O)C1. The number of likely N-dealkylation sites (N-methyl/N-ethyl adjacent to an activating group) is 1. The van der Waals surface area contributed by atoms with E-state index in [2.05, 4.69) is 0 Å². The maximum atomic E-state index is 11.7. The van der Waals surface area contributed by atoms with Gasteiger partial charge in [0.2, 0.25) is 5.91 Å². The molecule has 0 spiro atoms. The molecule has 2 unspecified atom stereocenters. The Morgan fingerprint density at radius 3 is 2.56 bits per heavy atom. The van der Waals surface area contributed by atoms with Crippen LogP contribution in [-0.4, -0.2) is 65.9 Å². The first-order valence-electron chi connectivity index (χ1n) is 5.53. The maximum absolute atomic E-state index is 11.7. The van der Waals surface area contributed by atoms with Gasteiger partial charge in [-0.2, -0.15) is 0 Å². The second kappa shape index (κ2) is 5.92. The Morgan fingerprint density at radius 2 is 2.11 bits per heavy atom. The van der Waals surface area contributed by atoms with Gasteiger partial charge >= 0.3 is 5.97 Å². The van der Waals surface area contributed by atoms with E-state index in [9.17, 15) is 18.0 Å². The zero-order valence-corrected chi connectivity index (χ0v) is 12.0. The lowest BCUT2D eigenvalue weighted by atomic mass is 10.3. The standard InChI is InChI=1S/C10H17NO5S2/c1-7(10(13)14)11(2)9(12)5-17-8-3-4-18(15,16)6-8/h7-8H,3-6H2,1-2H3,(H,13,14). The fraction of sp³-hybridized carbons (Fsp3) is 0.800. The molecule has 0 aromatic rings. The minimum Gasteiger partial charge on any atom is -0.480 e. The third-order valence-electron chi connectivity index (χ3n) is 2.96. The lowest BCUT2D eigenvalue weighted by molar-refractivity contribution is -0.147. The summed E-state index contributed by atoms with van der Waals surface area (Å²) >= 11 is 1.29. The van der Waals surface area contributed by atoms with Crippen molar-refractivity contribution in [1.29, 1.82) is 0 Å². The summed E-state index contributed by atoms with van der Waals surface area (Å²) in [5, 5.41) is 8.72. The topological polar surface area (TPSA) is 91.8 Å². The molecule has 1 saturated heterocycles. The van der Waals surface area contributed by atoms with E-state index < -0.39 is 21.8 Å². The van der Waals surface area contributed by atoms with Crippen molar-refractivity contribution in [2.75, 3.05) is 24.3 Å². The molecule has 0 bridgehead atoms. The molecule has 0 aliphatic carbocycles. The molecule has 6 nitrogen and oxygen atoms in total. The van der Waals surface area contributed by atoms with E-state index >= 15 is 0 Å². The number of carboxylic acids is 1. The van der Waals surface area contributed by atoms with Gasteiger partial charge < -0.3 is 10.0 Å². The van der Waals surface area contributed by atoms with Crippen molar-refractivity contribution in [2.45, 2.75) is 24.6 Å². The highest BCUT2D eigenvalue weighted by Gasteiger charge is 2.29. The van der Waals surface area contributed by atoms with Crippen LogP contribution in [-0.2, 0) is 19.4 Å². The molecule has 0 radical (unpaired) electrons. The van der Waals surface area contributed by atoms with Crippen molar-refractivity contribution in [2.24, 2.45) is 0 Å². The summed E-state index contributed by atoms with van der Waals surface area (Å²) in [6.45, 7) is 1.44. The molecule has 0 aromatic carbocycles. The molecule has 0 aromatic heterocycles. The normalized spacial score (nSPS) is 23.6. The number of carbonyl (C=O) groups excluding carboxylic acids is 1. The van der Waals surface area contributed by atoms with Crippen molar-refractivity contribution in [1.82, 2.24) is 4.90 Å². The van der Waals surface area contributed by atoms with Crippen LogP contribution in [0, 0.1) is 0 Å². The Labute approximate surface area is 111 Å². The zero-order chi connectivity index (χ0) is 13.9. The zero-order valence-electron chi connectivity index (χ0n) is 10.3. The second-order valence-corrected chi connectivity index (χ2v) is 7.87. The summed E-state index contributed by atoms with van der Waals surface area (Å²) < 4.78 is 22.5. The van der Waals surface area contributed by atoms with E-state index in [-0.39, 0.29) is 28.4 Å². The van der Waals surface area contributed by atoms with Crippen LogP contribution in [0.4, 0.5) is 0 Å². The van der Waals surface area contributed by atoms with Gasteiger partial charge in [-0.25, -0.2) is 13.2 Å². The van der Waals surface area contributed by atoms with Crippen LogP contribution in [0.25, 0.3) is 0 Å². The molecular formula is C10H17NO5S2. The molecule has 1 fully saturated rings. The molecule has 1 aliphatic heterocycles. The number of amides is 1. The second-order valence-electron chi connectivity index (χ2n) is 4.35. The quantitative estimate of drug-likeness (QED) is 0.757. The summed E-state index contributed by atoms with van der Waals surface area (Å²) in [4.78, 5) is 23.6. The third-order valence-corrected chi connectivity index (χ3v) is 6.23. The fourth-order valence-corrected chi connectivity index (χ4v) is 5.13. The van der Waals surface area contributed by atoms with Crippen molar-refractivity contribution in [3.63, 3.8) is 0 Å². The third kappa shape index (κ3) is 4.16. The summed E-state index contributed by atoms with van der Waals surface area (Å²) in [6, 6.07) is -0.870. The van der Waals surface area contributed by atoms with Crippen LogP contribution in [0.1, 0.15) is 13.3 Å². The van der Waals surface area contributed by atoms with Crippen LogP contribution >= 0.6 is 11.8 Å². The molecule has 1 aliphatic rings. The number of rotatable bonds is 5. The van der Waals surface area contributed by atoms with Gasteiger partial charge in [-0.15, -0.1) is 11.8 Å². The monoisotopic (exact) mass is 295 g/mol. The van der Waals surface area contributed by atoms with Crippen LogP contribution in [0.5, 0.6) is 0 Å². The van der Waals surface area contributed by atoms with Crippen molar-refractivity contribution < 1.29 is 23.1 Å². The van der Waals surface area contributed by atoms with Gasteiger partial charge in [-0.05, 0) is 13.3 Å². The highest BCUT2D eigenvalue weighted by molar-refractivity contribution is 8.02. The van der Waals surface area contributed by atoms with Gasteiger partial charge in [-0.3, -0.25) is 4.79 Å². The molecule has 104 valence electrons. The number of hydrogen-bond acceptors (Lipinski definition) is 5. The van der Waals surface area contributed by atoms with Crippen LogP contribution in [0.3, 0.4) is 0 Å². The largest absolute Gasteiger partial charge is 0.480 e. The molecule has 2 atom stereocenters. The summed E-state index contributed by atoms with van der Waals surface area (Å²) in [5.41, 5.74) is 0. The summed E-state index contributed by atoms with van der Waals surface area (Å²) in [5.74, 6) is -0.934. The highest BCUT2D eigenvalue weighted by atomic mass is 32.2. The van der Waals surface area contributed by atoms with Crippen molar-refractivity contribution in [3.05, 3.63) is 0 Å². The first-order chi connectivity index (χ1) is 8.23.